The Bertz CT molecular complexity index is 1090. The fourth-order valence-electron chi connectivity index (χ4n) is 4.06. The van der Waals surface area contributed by atoms with Crippen LogP contribution >= 0.6 is 15.9 Å². The van der Waals surface area contributed by atoms with Crippen molar-refractivity contribution in [3.05, 3.63) is 76.4 Å². The van der Waals surface area contributed by atoms with Gasteiger partial charge in [-0.1, -0.05) is 51.4 Å². The molecule has 8 heteroatoms. The van der Waals surface area contributed by atoms with E-state index in [1.54, 1.807) is 0 Å². The van der Waals surface area contributed by atoms with E-state index < -0.39 is 11.9 Å². The van der Waals surface area contributed by atoms with Crippen molar-refractivity contribution in [1.29, 1.82) is 0 Å². The summed E-state index contributed by atoms with van der Waals surface area (Å²) in [6, 6.07) is 17.0. The normalized spacial score (nSPS) is 14.7. The van der Waals surface area contributed by atoms with Gasteiger partial charge in [0.15, 0.2) is 5.58 Å². The van der Waals surface area contributed by atoms with E-state index in [1.807, 2.05) is 6.07 Å². The molecule has 1 saturated heterocycles. The third-order valence-electron chi connectivity index (χ3n) is 5.93. The molecule has 34 heavy (non-hydrogen) atoms. The molecular formula is C26H29BrN2O5. The van der Waals surface area contributed by atoms with E-state index in [0.717, 1.165) is 39.9 Å². The van der Waals surface area contributed by atoms with Gasteiger partial charge in [0.1, 0.15) is 0 Å². The number of piperidine rings is 1. The number of hydrogen-bond donors (Lipinski definition) is 2. The molecule has 7 nitrogen and oxygen atoms in total. The maximum Gasteiger partial charge on any atom is 0.328 e. The number of carboxylic acid groups (broad SMARTS) is 2. The number of hydrogen-bond acceptors (Lipinski definition) is 5. The molecule has 0 unspecified atom stereocenters. The summed E-state index contributed by atoms with van der Waals surface area (Å²) in [7, 11) is 0. The van der Waals surface area contributed by atoms with Crippen molar-refractivity contribution in [2.75, 3.05) is 19.6 Å². The van der Waals surface area contributed by atoms with Gasteiger partial charge in [0, 0.05) is 28.6 Å². The van der Waals surface area contributed by atoms with Crippen LogP contribution in [-0.4, -0.2) is 51.8 Å². The summed E-state index contributed by atoms with van der Waals surface area (Å²) in [6.45, 7) is 3.63. The highest BCUT2D eigenvalue weighted by atomic mass is 79.9. The van der Waals surface area contributed by atoms with Gasteiger partial charge in [0.05, 0.1) is 5.69 Å². The molecule has 0 atom stereocenters. The Morgan fingerprint density at radius 2 is 1.71 bits per heavy atom. The Balaban J connectivity index is 0.000000350. The van der Waals surface area contributed by atoms with Crippen LogP contribution in [0.3, 0.4) is 0 Å². The van der Waals surface area contributed by atoms with Crippen molar-refractivity contribution in [1.82, 2.24) is 10.1 Å². The summed E-state index contributed by atoms with van der Waals surface area (Å²) in [4.78, 5) is 21.7. The Kier molecular flexibility index (Phi) is 9.85. The lowest BCUT2D eigenvalue weighted by atomic mass is 9.91. The number of fused-ring (bicyclic) bond motifs is 1. The fourth-order valence-corrected chi connectivity index (χ4v) is 4.40. The maximum atomic E-state index is 9.55. The van der Waals surface area contributed by atoms with E-state index in [4.69, 9.17) is 14.7 Å². The first-order chi connectivity index (χ1) is 16.4. The molecule has 2 heterocycles. The van der Waals surface area contributed by atoms with E-state index in [-0.39, 0.29) is 0 Å². The molecule has 0 aliphatic carbocycles. The van der Waals surface area contributed by atoms with Crippen molar-refractivity contribution in [2.24, 2.45) is 5.92 Å². The number of carbonyl (C=O) groups is 2. The molecular weight excluding hydrogens is 500 g/mol. The number of likely N-dealkylation sites (tertiary alicyclic amines) is 1. The van der Waals surface area contributed by atoms with E-state index in [1.165, 1.54) is 44.5 Å². The van der Waals surface area contributed by atoms with Crippen LogP contribution in [0.5, 0.6) is 0 Å². The van der Waals surface area contributed by atoms with Gasteiger partial charge in [0.2, 0.25) is 0 Å². The standard InChI is InChI=1S/C22H25BrN2O.C4H4O4/c23-19-7-8-20-21(24-26-22(20)16-19)9-6-18-11-14-25(15-12-18)13-10-17-4-2-1-3-5-17;5-3(6)1-2-4(7)8/h1-5,7-8,16,18H,6,9-15H2;1-2H,(H,5,6)(H,7,8)/b;2-1-. The minimum Gasteiger partial charge on any atom is -0.478 e. The number of benzene rings is 2. The smallest absolute Gasteiger partial charge is 0.328 e. The van der Waals surface area contributed by atoms with Gasteiger partial charge in [-0.15, -0.1) is 0 Å². The first kappa shape index (κ1) is 25.6. The lowest BCUT2D eigenvalue weighted by Gasteiger charge is -2.31. The van der Waals surface area contributed by atoms with Gasteiger partial charge in [-0.25, -0.2) is 9.59 Å². The third kappa shape index (κ3) is 8.43. The first-order valence-corrected chi connectivity index (χ1v) is 12.1. The maximum absolute atomic E-state index is 9.55. The van der Waals surface area contributed by atoms with Crippen molar-refractivity contribution in [3.8, 4) is 0 Å². The number of nitrogens with zero attached hydrogens (tertiary/aromatic N) is 2. The Hall–Kier alpha value is -2.97. The summed E-state index contributed by atoms with van der Waals surface area (Å²) in [5.74, 6) is -1.70. The molecule has 0 bridgehead atoms. The summed E-state index contributed by atoms with van der Waals surface area (Å²) in [5, 5.41) is 21.1. The number of halogens is 1. The second-order valence-electron chi connectivity index (χ2n) is 8.34. The molecule has 1 fully saturated rings. The molecule has 3 aromatic rings. The van der Waals surface area contributed by atoms with E-state index in [2.05, 4.69) is 68.5 Å². The zero-order valence-corrected chi connectivity index (χ0v) is 20.5. The molecule has 0 amide bonds. The van der Waals surface area contributed by atoms with Crippen LogP contribution in [0.1, 0.15) is 30.5 Å². The second-order valence-corrected chi connectivity index (χ2v) is 9.25. The molecule has 1 aromatic heterocycles. The van der Waals surface area contributed by atoms with Gasteiger partial charge in [-0.05, 0) is 74.9 Å². The highest BCUT2D eigenvalue weighted by molar-refractivity contribution is 9.10. The molecule has 1 aliphatic rings. The highest BCUT2D eigenvalue weighted by Gasteiger charge is 2.20. The largest absolute Gasteiger partial charge is 0.478 e. The van der Waals surface area contributed by atoms with Crippen molar-refractivity contribution < 1.29 is 24.3 Å². The van der Waals surface area contributed by atoms with Crippen molar-refractivity contribution in [2.45, 2.75) is 32.1 Å². The fraction of sp³-hybridized carbons (Fsp3) is 0.346. The average Bonchev–Trinajstić information content (AvgIpc) is 3.24. The topological polar surface area (TPSA) is 104 Å². The number of rotatable bonds is 8. The van der Waals surface area contributed by atoms with Crippen LogP contribution in [0.2, 0.25) is 0 Å². The zero-order valence-electron chi connectivity index (χ0n) is 18.9. The number of aliphatic carboxylic acids is 2. The number of carboxylic acids is 2. The highest BCUT2D eigenvalue weighted by Crippen LogP contribution is 2.27. The van der Waals surface area contributed by atoms with Crippen LogP contribution in [0.15, 0.2) is 69.7 Å². The Morgan fingerprint density at radius 1 is 1.03 bits per heavy atom. The van der Waals surface area contributed by atoms with E-state index in [9.17, 15) is 9.59 Å². The summed E-state index contributed by atoms with van der Waals surface area (Å²) in [5.41, 5.74) is 3.43. The second kappa shape index (κ2) is 13.1. The summed E-state index contributed by atoms with van der Waals surface area (Å²) in [6.07, 6.45) is 7.11. The first-order valence-electron chi connectivity index (χ1n) is 11.3. The summed E-state index contributed by atoms with van der Waals surface area (Å²) >= 11 is 3.48. The molecule has 4 rings (SSSR count). The van der Waals surface area contributed by atoms with Gasteiger partial charge in [0.25, 0.3) is 0 Å². The van der Waals surface area contributed by atoms with E-state index in [0.29, 0.717) is 12.2 Å². The Morgan fingerprint density at radius 3 is 2.35 bits per heavy atom. The SMILES string of the molecule is Brc1ccc2c(CCC3CCN(CCc4ccccc4)CC3)noc2c1.O=C(O)/C=C\C(=O)O. The summed E-state index contributed by atoms with van der Waals surface area (Å²) < 4.78 is 6.51. The minimum atomic E-state index is -1.26. The zero-order chi connectivity index (χ0) is 24.3. The molecule has 0 saturated carbocycles. The van der Waals surface area contributed by atoms with Crippen LogP contribution in [0.4, 0.5) is 0 Å². The van der Waals surface area contributed by atoms with Crippen LogP contribution in [-0.2, 0) is 22.4 Å². The molecule has 0 radical (unpaired) electrons. The van der Waals surface area contributed by atoms with Gasteiger partial charge >= 0.3 is 11.9 Å². The number of aromatic nitrogens is 1. The van der Waals surface area contributed by atoms with E-state index >= 15 is 0 Å². The monoisotopic (exact) mass is 528 g/mol. The van der Waals surface area contributed by atoms with Gasteiger partial charge in [-0.2, -0.15) is 0 Å². The average molecular weight is 529 g/mol. The third-order valence-corrected chi connectivity index (χ3v) is 6.43. The molecule has 2 N–H and O–H groups in total. The van der Waals surface area contributed by atoms with Crippen LogP contribution < -0.4 is 0 Å². The quantitative estimate of drug-likeness (QED) is 0.387. The van der Waals surface area contributed by atoms with Crippen LogP contribution in [0, 0.1) is 5.92 Å². The molecule has 2 aromatic carbocycles. The van der Waals surface area contributed by atoms with Crippen molar-refractivity contribution >= 4 is 38.8 Å². The lowest BCUT2D eigenvalue weighted by Crippen LogP contribution is -2.35. The van der Waals surface area contributed by atoms with Gasteiger partial charge in [-0.3, -0.25) is 0 Å². The van der Waals surface area contributed by atoms with Crippen molar-refractivity contribution in [3.63, 3.8) is 0 Å². The predicted molar refractivity (Wildman–Crippen MR) is 134 cm³/mol. The lowest BCUT2D eigenvalue weighted by molar-refractivity contribution is -0.134. The predicted octanol–water partition coefficient (Wildman–Crippen LogP) is 5.19. The minimum absolute atomic E-state index is 0.558. The molecule has 180 valence electrons. The van der Waals surface area contributed by atoms with Gasteiger partial charge < -0.3 is 19.6 Å². The Labute approximate surface area is 207 Å². The number of aryl methyl sites for hydroxylation is 1. The molecule has 1 aliphatic heterocycles. The molecule has 0 spiro atoms. The van der Waals surface area contributed by atoms with Crippen LogP contribution in [0.25, 0.3) is 11.0 Å².